The van der Waals surface area contributed by atoms with Gasteiger partial charge in [0.1, 0.15) is 5.69 Å². The standard InChI is InChI=1S/C15H20N4O4/c1-9(2)15(10(3)4)11(5)16-17-13-7-6-12(18(20)21)8-14(13)19(22)23/h6-8,10,15,17H,1H2,2-5H3/b16-11-. The Morgan fingerprint density at radius 1 is 1.22 bits per heavy atom. The largest absolute Gasteiger partial charge is 0.301 e. The molecule has 0 saturated heterocycles. The highest BCUT2D eigenvalue weighted by molar-refractivity contribution is 5.87. The molecule has 1 unspecified atom stereocenters. The van der Waals surface area contributed by atoms with Crippen LogP contribution >= 0.6 is 0 Å². The summed E-state index contributed by atoms with van der Waals surface area (Å²) in [5.74, 6) is 0.324. The molecule has 0 bridgehead atoms. The van der Waals surface area contributed by atoms with Crippen molar-refractivity contribution in [2.75, 3.05) is 5.43 Å². The Morgan fingerprint density at radius 3 is 2.26 bits per heavy atom. The summed E-state index contributed by atoms with van der Waals surface area (Å²) in [5, 5.41) is 26.0. The van der Waals surface area contributed by atoms with Gasteiger partial charge in [0.15, 0.2) is 0 Å². The molecule has 1 N–H and O–H groups in total. The molecule has 1 rings (SSSR count). The smallest absolute Gasteiger partial charge is 0.272 e. The summed E-state index contributed by atoms with van der Waals surface area (Å²) in [7, 11) is 0. The predicted molar refractivity (Wildman–Crippen MR) is 89.6 cm³/mol. The average Bonchev–Trinajstić information content (AvgIpc) is 2.43. The molecule has 0 amide bonds. The summed E-state index contributed by atoms with van der Waals surface area (Å²) in [6.07, 6.45) is 0. The maximum absolute atomic E-state index is 11.1. The van der Waals surface area contributed by atoms with E-state index in [2.05, 4.69) is 17.1 Å². The first-order chi connectivity index (χ1) is 10.6. The lowest BCUT2D eigenvalue weighted by atomic mass is 9.86. The van der Waals surface area contributed by atoms with Gasteiger partial charge in [-0.25, -0.2) is 0 Å². The van der Waals surface area contributed by atoms with E-state index in [0.717, 1.165) is 17.4 Å². The van der Waals surface area contributed by atoms with Crippen LogP contribution in [0.5, 0.6) is 0 Å². The van der Waals surface area contributed by atoms with Gasteiger partial charge in [0, 0.05) is 17.7 Å². The summed E-state index contributed by atoms with van der Waals surface area (Å²) in [6, 6.07) is 3.38. The van der Waals surface area contributed by atoms with E-state index >= 15 is 0 Å². The van der Waals surface area contributed by atoms with Crippen molar-refractivity contribution >= 4 is 22.8 Å². The third-order valence-corrected chi connectivity index (χ3v) is 3.39. The van der Waals surface area contributed by atoms with Crippen LogP contribution in [-0.2, 0) is 0 Å². The second kappa shape index (κ2) is 7.48. The quantitative estimate of drug-likeness (QED) is 0.351. The molecule has 1 aromatic rings. The van der Waals surface area contributed by atoms with Gasteiger partial charge in [0.05, 0.1) is 15.9 Å². The summed E-state index contributed by atoms with van der Waals surface area (Å²) < 4.78 is 0. The van der Waals surface area contributed by atoms with Crippen molar-refractivity contribution in [3.05, 3.63) is 50.6 Å². The summed E-state index contributed by atoms with van der Waals surface area (Å²) in [6.45, 7) is 11.7. The van der Waals surface area contributed by atoms with Gasteiger partial charge in [-0.1, -0.05) is 26.0 Å². The van der Waals surface area contributed by atoms with Crippen LogP contribution in [0.25, 0.3) is 0 Å². The molecule has 124 valence electrons. The topological polar surface area (TPSA) is 111 Å². The molecule has 1 aromatic carbocycles. The SMILES string of the molecule is C=C(C)C(/C(C)=N\Nc1ccc([N+](=O)[O-])cc1[N+](=O)[O-])C(C)C. The second-order valence-electron chi connectivity index (χ2n) is 5.65. The molecule has 0 aliphatic heterocycles. The molecule has 0 radical (unpaired) electrons. The maximum Gasteiger partial charge on any atom is 0.301 e. The van der Waals surface area contributed by atoms with Gasteiger partial charge in [0.25, 0.3) is 5.69 Å². The number of benzene rings is 1. The molecule has 1 atom stereocenters. The minimum atomic E-state index is -0.682. The molecule has 23 heavy (non-hydrogen) atoms. The van der Waals surface area contributed by atoms with Crippen molar-refractivity contribution in [3.8, 4) is 0 Å². The first kappa shape index (κ1) is 18.3. The minimum Gasteiger partial charge on any atom is -0.272 e. The van der Waals surface area contributed by atoms with E-state index in [-0.39, 0.29) is 23.2 Å². The Balaban J connectivity index is 3.13. The fourth-order valence-electron chi connectivity index (χ4n) is 2.51. The fraction of sp³-hybridized carbons (Fsp3) is 0.400. The minimum absolute atomic E-state index is 0.0413. The fourth-order valence-corrected chi connectivity index (χ4v) is 2.51. The van der Waals surface area contributed by atoms with Crippen LogP contribution in [-0.4, -0.2) is 15.6 Å². The van der Waals surface area contributed by atoms with Crippen LogP contribution in [0.2, 0.25) is 0 Å². The molecule has 8 nitrogen and oxygen atoms in total. The van der Waals surface area contributed by atoms with Crippen molar-refractivity contribution < 1.29 is 9.85 Å². The lowest BCUT2D eigenvalue weighted by Gasteiger charge is -2.20. The Hall–Kier alpha value is -2.77. The van der Waals surface area contributed by atoms with E-state index in [4.69, 9.17) is 0 Å². The second-order valence-corrected chi connectivity index (χ2v) is 5.65. The van der Waals surface area contributed by atoms with Crippen LogP contribution in [0.3, 0.4) is 0 Å². The number of hydrazone groups is 1. The van der Waals surface area contributed by atoms with Gasteiger partial charge in [0.2, 0.25) is 0 Å². The highest BCUT2D eigenvalue weighted by Gasteiger charge is 2.21. The van der Waals surface area contributed by atoms with Crippen molar-refractivity contribution in [1.82, 2.24) is 0 Å². The van der Waals surface area contributed by atoms with Crippen LogP contribution in [0.4, 0.5) is 17.1 Å². The summed E-state index contributed by atoms with van der Waals surface area (Å²) in [4.78, 5) is 20.4. The molecule has 0 saturated carbocycles. The van der Waals surface area contributed by atoms with Crippen LogP contribution in [0, 0.1) is 32.1 Å². The number of hydrogen-bond donors (Lipinski definition) is 1. The van der Waals surface area contributed by atoms with Crippen LogP contribution < -0.4 is 5.43 Å². The molecule has 0 spiro atoms. The normalized spacial score (nSPS) is 12.8. The number of nitrogens with one attached hydrogen (secondary N) is 1. The number of hydrogen-bond acceptors (Lipinski definition) is 6. The average molecular weight is 320 g/mol. The Bertz CT molecular complexity index is 667. The number of nitrogens with zero attached hydrogens (tertiary/aromatic N) is 3. The lowest BCUT2D eigenvalue weighted by Crippen LogP contribution is -2.19. The van der Waals surface area contributed by atoms with E-state index in [9.17, 15) is 20.2 Å². The van der Waals surface area contributed by atoms with Crippen molar-refractivity contribution in [2.45, 2.75) is 27.7 Å². The van der Waals surface area contributed by atoms with E-state index in [0.29, 0.717) is 0 Å². The molecule has 0 heterocycles. The van der Waals surface area contributed by atoms with Crippen LogP contribution in [0.1, 0.15) is 27.7 Å². The van der Waals surface area contributed by atoms with Gasteiger partial charge >= 0.3 is 5.69 Å². The monoisotopic (exact) mass is 320 g/mol. The molecular weight excluding hydrogens is 300 g/mol. The summed E-state index contributed by atoms with van der Waals surface area (Å²) >= 11 is 0. The van der Waals surface area contributed by atoms with Gasteiger partial charge in [-0.2, -0.15) is 5.10 Å². The number of allylic oxidation sites excluding steroid dienone is 1. The first-order valence-electron chi connectivity index (χ1n) is 7.03. The number of rotatable bonds is 7. The van der Waals surface area contributed by atoms with E-state index in [1.54, 1.807) is 0 Å². The highest BCUT2D eigenvalue weighted by atomic mass is 16.6. The van der Waals surface area contributed by atoms with E-state index in [1.807, 2.05) is 27.7 Å². The molecule has 8 heteroatoms. The first-order valence-corrected chi connectivity index (χ1v) is 7.03. The third kappa shape index (κ3) is 4.60. The highest BCUT2D eigenvalue weighted by Crippen LogP contribution is 2.29. The zero-order chi connectivity index (χ0) is 17.7. The van der Waals surface area contributed by atoms with Crippen LogP contribution in [0.15, 0.2) is 35.5 Å². The number of anilines is 1. The molecule has 0 aliphatic rings. The molecule has 0 aliphatic carbocycles. The molecule has 0 aromatic heterocycles. The third-order valence-electron chi connectivity index (χ3n) is 3.39. The van der Waals surface area contributed by atoms with Gasteiger partial charge in [-0.3, -0.25) is 25.7 Å². The van der Waals surface area contributed by atoms with Crippen molar-refractivity contribution in [1.29, 1.82) is 0 Å². The zero-order valence-electron chi connectivity index (χ0n) is 13.6. The Labute approximate surface area is 134 Å². The summed E-state index contributed by atoms with van der Waals surface area (Å²) in [5.41, 5.74) is 3.68. The Kier molecular flexibility index (Phi) is 5.94. The number of nitro groups is 2. The lowest BCUT2D eigenvalue weighted by molar-refractivity contribution is -0.393. The maximum atomic E-state index is 11.1. The zero-order valence-corrected chi connectivity index (χ0v) is 13.6. The van der Waals surface area contributed by atoms with E-state index < -0.39 is 15.5 Å². The van der Waals surface area contributed by atoms with Crippen molar-refractivity contribution in [2.24, 2.45) is 16.9 Å². The van der Waals surface area contributed by atoms with E-state index in [1.165, 1.54) is 12.1 Å². The molecule has 0 fully saturated rings. The number of nitro benzene ring substituents is 2. The van der Waals surface area contributed by atoms with Gasteiger partial charge in [-0.15, -0.1) is 0 Å². The van der Waals surface area contributed by atoms with Gasteiger partial charge in [-0.05, 0) is 25.8 Å². The Morgan fingerprint density at radius 2 is 1.83 bits per heavy atom. The predicted octanol–water partition coefficient (Wildman–Crippen LogP) is 4.14. The number of non-ortho nitro benzene ring substituents is 1. The van der Waals surface area contributed by atoms with Crippen molar-refractivity contribution in [3.63, 3.8) is 0 Å². The van der Waals surface area contributed by atoms with Gasteiger partial charge < -0.3 is 0 Å². The molecular formula is C15H20N4O4.